The minimum absolute atomic E-state index is 0.657. The van der Waals surface area contributed by atoms with Crippen molar-refractivity contribution in [2.45, 2.75) is 33.1 Å². The Labute approximate surface area is 402 Å². The van der Waals surface area contributed by atoms with Gasteiger partial charge in [0, 0.05) is 22.6 Å². The van der Waals surface area contributed by atoms with E-state index in [-0.39, 0.29) is 0 Å². The number of anilines is 3. The van der Waals surface area contributed by atoms with Crippen LogP contribution >= 0.6 is 0 Å². The zero-order chi connectivity index (χ0) is 46.6. The second-order valence-electron chi connectivity index (χ2n) is 17.2. The molecule has 1 heteroatoms. The average Bonchev–Trinajstić information content (AvgIpc) is 3.87. The Morgan fingerprint density at radius 1 is 0.368 bits per heavy atom. The van der Waals surface area contributed by atoms with Gasteiger partial charge < -0.3 is 4.90 Å². The molecule has 0 aromatic heterocycles. The zero-order valence-corrected chi connectivity index (χ0v) is 39.1. The summed E-state index contributed by atoms with van der Waals surface area (Å²) in [4.78, 5) is 2.37. The van der Waals surface area contributed by atoms with Crippen LogP contribution in [0.3, 0.4) is 0 Å². The highest BCUT2D eigenvalue weighted by atomic mass is 15.1. The van der Waals surface area contributed by atoms with Crippen LogP contribution in [0.5, 0.6) is 0 Å². The Morgan fingerprint density at radius 3 is 1.54 bits per heavy atom. The van der Waals surface area contributed by atoms with E-state index in [0.29, 0.717) is 0 Å². The first-order valence-corrected chi connectivity index (χ1v) is 23.7. The normalized spacial score (nSPS) is 13.9. The molecule has 1 nitrogen and oxygen atoms in total. The van der Waals surface area contributed by atoms with Crippen molar-refractivity contribution in [3.8, 4) is 45.7 Å². The summed E-state index contributed by atoms with van der Waals surface area (Å²) in [6, 6.07) is 87.3. The van der Waals surface area contributed by atoms with E-state index in [1.807, 2.05) is 13.8 Å². The number of nitrogens with zero attached hydrogens (tertiary/aromatic N) is 1. The van der Waals surface area contributed by atoms with Gasteiger partial charge in [0.1, 0.15) is 0 Å². The van der Waals surface area contributed by atoms with Crippen LogP contribution < -0.4 is 4.90 Å². The molecule has 1 spiro atoms. The Bertz CT molecular complexity index is 3480. The molecule has 0 saturated carbocycles. The Hall–Kier alpha value is -8.44. The summed E-state index contributed by atoms with van der Waals surface area (Å²) in [5.41, 5.74) is 20.5. The summed E-state index contributed by atoms with van der Waals surface area (Å²) in [5, 5.41) is 2.68. The van der Waals surface area contributed by atoms with Crippen molar-refractivity contribution in [3.05, 3.63) is 282 Å². The van der Waals surface area contributed by atoms with E-state index in [4.69, 9.17) is 6.42 Å². The van der Waals surface area contributed by atoms with Crippen LogP contribution in [0, 0.1) is 26.2 Å². The first kappa shape index (κ1) is 43.5. The second kappa shape index (κ2) is 18.8. The molecule has 0 bridgehead atoms. The number of aryl methyl sites for hydroxylation is 2. The average molecular weight is 872 g/mol. The quantitative estimate of drug-likeness (QED) is 0.151. The maximum Gasteiger partial charge on any atom is 0.0739 e. The van der Waals surface area contributed by atoms with E-state index in [2.05, 4.69) is 267 Å². The molecule has 0 fully saturated rings. The highest BCUT2D eigenvalue weighted by Gasteiger charge is 2.54. The molecule has 10 aromatic carbocycles. The fourth-order valence-corrected chi connectivity index (χ4v) is 10.5. The Kier molecular flexibility index (Phi) is 12.0. The van der Waals surface area contributed by atoms with E-state index in [1.54, 1.807) is 0 Å². The second-order valence-corrected chi connectivity index (χ2v) is 17.2. The smallest absolute Gasteiger partial charge is 0.0739 e. The van der Waals surface area contributed by atoms with Crippen LogP contribution in [0.25, 0.3) is 55.3 Å². The van der Waals surface area contributed by atoms with Gasteiger partial charge in [-0.1, -0.05) is 220 Å². The largest absolute Gasteiger partial charge is 0.310 e. The lowest BCUT2D eigenvalue weighted by Crippen LogP contribution is -2.27. The number of hydrogen-bond donors (Lipinski definition) is 0. The van der Waals surface area contributed by atoms with E-state index < -0.39 is 5.41 Å². The first-order valence-electron chi connectivity index (χ1n) is 23.7. The molecule has 1 atom stereocenters. The topological polar surface area (TPSA) is 3.24 Å². The van der Waals surface area contributed by atoms with Gasteiger partial charge in [0.25, 0.3) is 0 Å². The molecule has 2 aliphatic rings. The van der Waals surface area contributed by atoms with Gasteiger partial charge in [0.05, 0.1) is 5.41 Å². The highest BCUT2D eigenvalue weighted by Crippen LogP contribution is 2.65. The summed E-state index contributed by atoms with van der Waals surface area (Å²) >= 11 is 0. The van der Waals surface area contributed by atoms with Crippen molar-refractivity contribution in [2.24, 2.45) is 0 Å². The van der Waals surface area contributed by atoms with E-state index >= 15 is 0 Å². The minimum atomic E-state index is -0.657. The number of terminal acetylenes is 1. The van der Waals surface area contributed by atoms with E-state index in [0.717, 1.165) is 28.2 Å². The third kappa shape index (κ3) is 7.51. The maximum absolute atomic E-state index is 6.66. The monoisotopic (exact) mass is 871 g/mol. The van der Waals surface area contributed by atoms with Crippen LogP contribution in [-0.4, -0.2) is 0 Å². The first-order chi connectivity index (χ1) is 33.5. The third-order valence-corrected chi connectivity index (χ3v) is 13.5. The molecule has 326 valence electrons. The van der Waals surface area contributed by atoms with Crippen LogP contribution in [-0.2, 0) is 5.41 Å². The van der Waals surface area contributed by atoms with Crippen molar-refractivity contribution < 1.29 is 0 Å². The van der Waals surface area contributed by atoms with Crippen molar-refractivity contribution in [1.29, 1.82) is 0 Å². The maximum atomic E-state index is 6.66. The van der Waals surface area contributed by atoms with Gasteiger partial charge in [0.15, 0.2) is 0 Å². The summed E-state index contributed by atoms with van der Waals surface area (Å²) < 4.78 is 0. The molecule has 1 unspecified atom stereocenters. The summed E-state index contributed by atoms with van der Waals surface area (Å²) in [7, 11) is 0. The van der Waals surface area contributed by atoms with Gasteiger partial charge in [-0.15, -0.1) is 6.42 Å². The molecule has 68 heavy (non-hydrogen) atoms. The number of para-hydroxylation sites is 1. The molecule has 2 aliphatic carbocycles. The fourth-order valence-electron chi connectivity index (χ4n) is 10.5. The molecule has 0 N–H and O–H groups in total. The van der Waals surface area contributed by atoms with Gasteiger partial charge in [-0.3, -0.25) is 0 Å². The van der Waals surface area contributed by atoms with E-state index in [9.17, 15) is 0 Å². The lowest BCUT2D eigenvalue weighted by molar-refractivity contribution is 0.841. The molecule has 0 aliphatic heterocycles. The Balaban J connectivity index is 0.000000360. The highest BCUT2D eigenvalue weighted by molar-refractivity contribution is 6.14. The molecule has 0 heterocycles. The molecule has 12 rings (SSSR count). The lowest BCUT2D eigenvalue weighted by atomic mass is 9.67. The van der Waals surface area contributed by atoms with Crippen LogP contribution in [0.2, 0.25) is 0 Å². The van der Waals surface area contributed by atoms with Gasteiger partial charge in [-0.05, 0) is 145 Å². The zero-order valence-electron chi connectivity index (χ0n) is 39.1. The van der Waals surface area contributed by atoms with Gasteiger partial charge >= 0.3 is 0 Å². The van der Waals surface area contributed by atoms with Gasteiger partial charge in [-0.2, -0.15) is 0 Å². The molecule has 10 aromatic rings. The molecule has 0 amide bonds. The van der Waals surface area contributed by atoms with Gasteiger partial charge in [-0.25, -0.2) is 0 Å². The van der Waals surface area contributed by atoms with Crippen molar-refractivity contribution >= 4 is 39.0 Å². The molecule has 0 saturated heterocycles. The van der Waals surface area contributed by atoms with Crippen molar-refractivity contribution in [2.75, 3.05) is 4.90 Å². The van der Waals surface area contributed by atoms with Crippen LogP contribution in [0.1, 0.15) is 52.8 Å². The fraction of sp³-hybridized carbons (Fsp3) is 0.0746. The summed E-state index contributed by atoms with van der Waals surface area (Å²) in [5.74, 6) is 3.25. The predicted octanol–water partition coefficient (Wildman–Crippen LogP) is 17.8. The Morgan fingerprint density at radius 2 is 0.853 bits per heavy atom. The predicted molar refractivity (Wildman–Crippen MR) is 291 cm³/mol. The number of allylic oxidation sites excluding steroid dienone is 2. The van der Waals surface area contributed by atoms with Crippen LogP contribution in [0.4, 0.5) is 17.1 Å². The van der Waals surface area contributed by atoms with Gasteiger partial charge in [0.2, 0.25) is 0 Å². The lowest BCUT2D eigenvalue weighted by Gasteiger charge is -2.35. The van der Waals surface area contributed by atoms with E-state index in [1.165, 1.54) is 83.1 Å². The molecular weight excluding hydrogens is 819 g/mol. The third-order valence-electron chi connectivity index (χ3n) is 13.5. The van der Waals surface area contributed by atoms with Crippen molar-refractivity contribution in [3.63, 3.8) is 0 Å². The number of benzene rings is 10. The molecular formula is C67H53N. The number of fused-ring (bicyclic) bond motifs is 8. The summed E-state index contributed by atoms with van der Waals surface area (Å²) in [6.07, 6.45) is 6.66. The standard InChI is InChI=1S/C54H37N.C11H10.C2H6/c1-3-45-48-34-32-44(55(42-22-11-6-12-23-42)43-30-27-40(28-31-43)38-18-7-4-8-19-38)36-52(48)54(53(45)46-24-14-13-17-37(46)2)50-26-16-15-25-47(50)49-33-29-41(35-51(49)54)39-20-9-5-10-21-39;1-9-5-4-7-10-6-2-3-8-11(9)10;1-2/h1,4-36H,2H3;2-8H,1H3;1-2H3. The number of rotatable bonds is 6. The molecule has 0 radical (unpaired) electrons. The minimum Gasteiger partial charge on any atom is -0.310 e. The number of hydrogen-bond acceptors (Lipinski definition) is 1. The summed E-state index contributed by atoms with van der Waals surface area (Å²) in [6.45, 7) is 8.35. The van der Waals surface area contributed by atoms with Crippen molar-refractivity contribution in [1.82, 2.24) is 0 Å². The SMILES string of the molecule is C#CC1=C(c2ccccc2C)C2(c3cc(N(c4ccccc4)c4ccc(-c5ccccc5)cc4)ccc31)c1ccccc1-c1ccc(-c3ccccc3)cc12.CC.Cc1cccc2ccccc12. The van der Waals surface area contributed by atoms with Crippen LogP contribution in [0.15, 0.2) is 243 Å².